The molecule has 2 aromatic heterocycles. The Balaban J connectivity index is 1.65. The van der Waals surface area contributed by atoms with Crippen molar-refractivity contribution < 1.29 is 4.79 Å². The molecule has 4 rings (SSSR count). The Labute approximate surface area is 174 Å². The van der Waals surface area contributed by atoms with Crippen LogP contribution in [-0.4, -0.2) is 36.7 Å². The molecule has 28 heavy (non-hydrogen) atoms. The monoisotopic (exact) mass is 413 g/mol. The predicted molar refractivity (Wildman–Crippen MR) is 119 cm³/mol. The summed E-state index contributed by atoms with van der Waals surface area (Å²) in [5.74, 6) is 0.658. The number of fused-ring (bicyclic) bond motifs is 1. The first-order valence-electron chi connectivity index (χ1n) is 10.1. The maximum absolute atomic E-state index is 13.5. The molecule has 1 aliphatic carbocycles. The lowest BCUT2D eigenvalue weighted by Gasteiger charge is -2.44. The van der Waals surface area contributed by atoms with Crippen molar-refractivity contribution in [3.8, 4) is 9.75 Å². The van der Waals surface area contributed by atoms with Crippen molar-refractivity contribution in [2.75, 3.05) is 13.6 Å². The van der Waals surface area contributed by atoms with E-state index in [0.717, 1.165) is 30.0 Å². The molecule has 148 valence electrons. The van der Waals surface area contributed by atoms with Gasteiger partial charge >= 0.3 is 0 Å². The number of rotatable bonds is 5. The molecule has 2 unspecified atom stereocenters. The zero-order valence-corrected chi connectivity index (χ0v) is 17.9. The second-order valence-corrected chi connectivity index (χ2v) is 9.61. The number of hydrogen-bond acceptors (Lipinski definition) is 5. The van der Waals surface area contributed by atoms with E-state index >= 15 is 0 Å². The molecule has 1 saturated carbocycles. The number of nitrogens with zero attached hydrogens (tertiary/aromatic N) is 1. The van der Waals surface area contributed by atoms with Crippen LogP contribution in [0.1, 0.15) is 43.4 Å². The Morgan fingerprint density at radius 1 is 1.18 bits per heavy atom. The van der Waals surface area contributed by atoms with Crippen LogP contribution in [0.3, 0.4) is 0 Å². The lowest BCUT2D eigenvalue weighted by atomic mass is 9.78. The third-order valence-electron chi connectivity index (χ3n) is 6.01. The summed E-state index contributed by atoms with van der Waals surface area (Å²) in [6, 6.07) is 8.68. The van der Waals surface area contributed by atoms with Crippen molar-refractivity contribution in [3.05, 3.63) is 40.1 Å². The maximum Gasteiger partial charge on any atom is 0.257 e. The van der Waals surface area contributed by atoms with Crippen LogP contribution in [0.5, 0.6) is 0 Å². The molecule has 2 aromatic rings. The third kappa shape index (κ3) is 3.67. The molecule has 6 heteroatoms. The number of carbonyl (C=O) groups excluding carboxylic acids is 1. The lowest BCUT2D eigenvalue weighted by molar-refractivity contribution is -0.132. The molecule has 0 bridgehead atoms. The quantitative estimate of drug-likeness (QED) is 0.520. The number of amides is 1. The summed E-state index contributed by atoms with van der Waals surface area (Å²) in [7, 11) is 1.84. The average Bonchev–Trinajstić information content (AvgIpc) is 3.43. The summed E-state index contributed by atoms with van der Waals surface area (Å²) >= 11 is 3.39. The maximum atomic E-state index is 13.5. The normalized spacial score (nSPS) is 23.0. The topological polar surface area (TPSA) is 56.2 Å². The molecule has 2 aliphatic rings. The van der Waals surface area contributed by atoms with Gasteiger partial charge in [-0.1, -0.05) is 18.9 Å². The Hall–Kier alpha value is -1.92. The smallest absolute Gasteiger partial charge is 0.257 e. The van der Waals surface area contributed by atoms with Crippen LogP contribution in [0.15, 0.2) is 35.2 Å². The first kappa shape index (κ1) is 19.4. The Kier molecular flexibility index (Phi) is 5.97. The lowest BCUT2D eigenvalue weighted by Crippen LogP contribution is -2.50. The fourth-order valence-electron chi connectivity index (χ4n) is 4.69. The molecule has 1 amide bonds. The van der Waals surface area contributed by atoms with Crippen molar-refractivity contribution >= 4 is 40.5 Å². The Morgan fingerprint density at radius 3 is 2.75 bits per heavy atom. The fraction of sp³-hybridized carbons (Fsp3) is 0.455. The van der Waals surface area contributed by atoms with Gasteiger partial charge in [0.05, 0.1) is 16.1 Å². The molecule has 0 spiro atoms. The molecule has 2 N–H and O–H groups in total. The number of hydrogen-bond donors (Lipinski definition) is 2. The fourth-order valence-corrected chi connectivity index (χ4v) is 6.59. The second kappa shape index (κ2) is 8.62. The van der Waals surface area contributed by atoms with Gasteiger partial charge in [-0.05, 0) is 55.2 Å². The van der Waals surface area contributed by atoms with Gasteiger partial charge in [0.15, 0.2) is 0 Å². The number of carbonyl (C=O) groups is 1. The SMILES string of the molecule is CN/C(=C(\C=N)C(=O)N1CCCC2CCCCC21)c1ccc(-c2cccs2)s1. The summed E-state index contributed by atoms with van der Waals surface area (Å²) in [5.41, 5.74) is 1.25. The van der Waals surface area contributed by atoms with Crippen LogP contribution >= 0.6 is 22.7 Å². The highest BCUT2D eigenvalue weighted by molar-refractivity contribution is 7.21. The summed E-state index contributed by atoms with van der Waals surface area (Å²) in [6.45, 7) is 0.819. The van der Waals surface area contributed by atoms with Crippen LogP contribution in [0, 0.1) is 11.3 Å². The van der Waals surface area contributed by atoms with Crippen molar-refractivity contribution in [3.63, 3.8) is 0 Å². The molecule has 0 radical (unpaired) electrons. The Bertz CT molecular complexity index is 866. The Morgan fingerprint density at radius 2 is 2.00 bits per heavy atom. The largest absolute Gasteiger partial charge is 0.386 e. The van der Waals surface area contributed by atoms with Crippen LogP contribution in [0.4, 0.5) is 0 Å². The molecule has 3 heterocycles. The number of piperidine rings is 1. The van der Waals surface area contributed by atoms with E-state index in [2.05, 4.69) is 39.9 Å². The van der Waals surface area contributed by atoms with E-state index in [1.807, 2.05) is 7.05 Å². The minimum atomic E-state index is 0.0158. The van der Waals surface area contributed by atoms with Gasteiger partial charge in [-0.25, -0.2) is 0 Å². The highest BCUT2D eigenvalue weighted by Crippen LogP contribution is 2.37. The zero-order valence-electron chi connectivity index (χ0n) is 16.2. The van der Waals surface area contributed by atoms with Crippen LogP contribution < -0.4 is 5.32 Å². The summed E-state index contributed by atoms with van der Waals surface area (Å²) in [5, 5.41) is 13.3. The first-order chi connectivity index (χ1) is 13.7. The van der Waals surface area contributed by atoms with Gasteiger partial charge in [0, 0.05) is 35.6 Å². The summed E-state index contributed by atoms with van der Waals surface area (Å²) in [4.78, 5) is 19.0. The standard InChI is InChI=1S/C22H27N3OS2/c1-24-21(20-11-10-19(28-20)18-9-5-13-27-18)16(14-23)22(26)25-12-4-7-15-6-2-3-8-17(15)25/h5,9-11,13-15,17,23-24H,2-4,6-8,12H2,1H3/b21-16+,23-14?. The van der Waals surface area contributed by atoms with Gasteiger partial charge < -0.3 is 15.6 Å². The average molecular weight is 414 g/mol. The van der Waals surface area contributed by atoms with E-state index in [1.54, 1.807) is 22.7 Å². The van der Waals surface area contributed by atoms with Crippen molar-refractivity contribution in [1.82, 2.24) is 10.2 Å². The molecular formula is C22H27N3OS2. The van der Waals surface area contributed by atoms with Crippen LogP contribution in [0.25, 0.3) is 15.5 Å². The van der Waals surface area contributed by atoms with E-state index < -0.39 is 0 Å². The van der Waals surface area contributed by atoms with E-state index in [1.165, 1.54) is 41.7 Å². The van der Waals surface area contributed by atoms with E-state index in [0.29, 0.717) is 17.5 Å². The number of thiophene rings is 2. The van der Waals surface area contributed by atoms with Gasteiger partial charge in [0.2, 0.25) is 0 Å². The summed E-state index contributed by atoms with van der Waals surface area (Å²) < 4.78 is 0. The molecule has 1 aliphatic heterocycles. The van der Waals surface area contributed by atoms with Gasteiger partial charge in [-0.3, -0.25) is 4.79 Å². The molecule has 2 atom stereocenters. The third-order valence-corrected chi connectivity index (χ3v) is 8.18. The molecule has 0 aromatic carbocycles. The molecule has 2 fully saturated rings. The predicted octanol–water partition coefficient (Wildman–Crippen LogP) is 5.24. The van der Waals surface area contributed by atoms with Gasteiger partial charge in [0.1, 0.15) is 0 Å². The summed E-state index contributed by atoms with van der Waals surface area (Å²) in [6.07, 6.45) is 8.41. The van der Waals surface area contributed by atoms with Crippen molar-refractivity contribution in [2.24, 2.45) is 5.92 Å². The first-order valence-corrected chi connectivity index (χ1v) is 11.8. The van der Waals surface area contributed by atoms with E-state index in [9.17, 15) is 4.79 Å². The highest BCUT2D eigenvalue weighted by Gasteiger charge is 2.37. The van der Waals surface area contributed by atoms with Crippen molar-refractivity contribution in [1.29, 1.82) is 5.41 Å². The van der Waals surface area contributed by atoms with Gasteiger partial charge in [-0.2, -0.15) is 0 Å². The molecular weight excluding hydrogens is 386 g/mol. The van der Waals surface area contributed by atoms with Crippen LogP contribution in [0.2, 0.25) is 0 Å². The zero-order chi connectivity index (χ0) is 19.5. The molecule has 4 nitrogen and oxygen atoms in total. The second-order valence-electron chi connectivity index (χ2n) is 7.58. The molecule has 1 saturated heterocycles. The van der Waals surface area contributed by atoms with E-state index in [-0.39, 0.29) is 5.91 Å². The minimum absolute atomic E-state index is 0.0158. The minimum Gasteiger partial charge on any atom is -0.386 e. The number of nitrogens with one attached hydrogen (secondary N) is 2. The van der Waals surface area contributed by atoms with Crippen LogP contribution in [-0.2, 0) is 4.79 Å². The van der Waals surface area contributed by atoms with Crippen molar-refractivity contribution in [2.45, 2.75) is 44.6 Å². The van der Waals surface area contributed by atoms with E-state index in [4.69, 9.17) is 5.41 Å². The number of likely N-dealkylation sites (tertiary alicyclic amines) is 1. The van der Waals surface area contributed by atoms with Gasteiger partial charge in [-0.15, -0.1) is 22.7 Å². The highest BCUT2D eigenvalue weighted by atomic mass is 32.1. The van der Waals surface area contributed by atoms with Gasteiger partial charge in [0.25, 0.3) is 5.91 Å².